The highest BCUT2D eigenvalue weighted by Gasteiger charge is 2.31. The van der Waals surface area contributed by atoms with Gasteiger partial charge in [-0.05, 0) is 45.7 Å². The van der Waals surface area contributed by atoms with Gasteiger partial charge in [-0.2, -0.15) is 4.31 Å². The molecular weight excluding hydrogens is 288 g/mol. The number of rotatable bonds is 6. The van der Waals surface area contributed by atoms with Crippen molar-refractivity contribution in [3.05, 3.63) is 12.0 Å². The van der Waals surface area contributed by atoms with Crippen molar-refractivity contribution < 1.29 is 8.42 Å². The van der Waals surface area contributed by atoms with E-state index < -0.39 is 10.0 Å². The number of aromatic nitrogens is 2. The van der Waals surface area contributed by atoms with Gasteiger partial charge in [-0.25, -0.2) is 13.4 Å². The smallest absolute Gasteiger partial charge is 0.262 e. The van der Waals surface area contributed by atoms with E-state index in [0.717, 1.165) is 38.2 Å². The highest BCUT2D eigenvalue weighted by molar-refractivity contribution is 7.89. The third kappa shape index (κ3) is 3.64. The fourth-order valence-electron chi connectivity index (χ4n) is 2.85. The molecule has 0 amide bonds. The maximum atomic E-state index is 12.7. The van der Waals surface area contributed by atoms with Crippen LogP contribution in [0.3, 0.4) is 0 Å². The summed E-state index contributed by atoms with van der Waals surface area (Å²) >= 11 is 0. The highest BCUT2D eigenvalue weighted by atomic mass is 32.2. The molecule has 1 N–H and O–H groups in total. The Hall–Kier alpha value is -0.920. The lowest BCUT2D eigenvalue weighted by molar-refractivity contribution is 0.270. The van der Waals surface area contributed by atoms with Crippen LogP contribution in [-0.4, -0.2) is 49.0 Å². The second-order valence-corrected chi connectivity index (χ2v) is 7.61. The van der Waals surface area contributed by atoms with Gasteiger partial charge in [0.15, 0.2) is 5.03 Å². The number of sulfonamides is 1. The van der Waals surface area contributed by atoms with Crippen LogP contribution in [0.4, 0.5) is 0 Å². The summed E-state index contributed by atoms with van der Waals surface area (Å²) in [6.07, 6.45) is 4.46. The zero-order chi connectivity index (χ0) is 15.5. The van der Waals surface area contributed by atoms with Gasteiger partial charge in [0.1, 0.15) is 5.82 Å². The Morgan fingerprint density at radius 1 is 1.38 bits per heavy atom. The third-order valence-corrected chi connectivity index (χ3v) is 5.86. The Morgan fingerprint density at radius 2 is 2.05 bits per heavy atom. The quantitative estimate of drug-likeness (QED) is 0.857. The Balaban J connectivity index is 2.10. The van der Waals surface area contributed by atoms with Crippen LogP contribution in [0.1, 0.15) is 32.0 Å². The van der Waals surface area contributed by atoms with Crippen molar-refractivity contribution in [1.82, 2.24) is 19.2 Å². The lowest BCUT2D eigenvalue weighted by Gasteiger charge is -2.30. The Labute approximate surface area is 127 Å². The maximum Gasteiger partial charge on any atom is 0.262 e. The van der Waals surface area contributed by atoms with Crippen LogP contribution in [0.15, 0.2) is 11.2 Å². The fraction of sp³-hybridized carbons (Fsp3) is 0.786. The molecule has 7 heteroatoms. The zero-order valence-electron chi connectivity index (χ0n) is 13.2. The molecule has 0 spiro atoms. The van der Waals surface area contributed by atoms with Crippen LogP contribution < -0.4 is 5.32 Å². The fourth-order valence-corrected chi connectivity index (χ4v) is 4.31. The van der Waals surface area contributed by atoms with Crippen LogP contribution in [0.2, 0.25) is 0 Å². The Morgan fingerprint density at radius 3 is 2.62 bits per heavy atom. The number of hydrogen-bond acceptors (Lipinski definition) is 4. The van der Waals surface area contributed by atoms with Crippen LogP contribution in [0, 0.1) is 12.8 Å². The average Bonchev–Trinajstić information content (AvgIpc) is 2.82. The summed E-state index contributed by atoms with van der Waals surface area (Å²) in [7, 11) is -1.50. The molecule has 0 unspecified atom stereocenters. The average molecular weight is 314 g/mol. The van der Waals surface area contributed by atoms with Crippen molar-refractivity contribution >= 4 is 10.0 Å². The van der Waals surface area contributed by atoms with Gasteiger partial charge < -0.3 is 9.88 Å². The van der Waals surface area contributed by atoms with E-state index in [-0.39, 0.29) is 5.03 Å². The van der Waals surface area contributed by atoms with Gasteiger partial charge in [-0.1, -0.05) is 6.92 Å². The van der Waals surface area contributed by atoms with Crippen LogP contribution in [0.5, 0.6) is 0 Å². The zero-order valence-corrected chi connectivity index (χ0v) is 14.0. The molecule has 1 aromatic rings. The largest absolute Gasteiger partial charge is 0.334 e. The molecule has 1 aliphatic rings. The number of imidazole rings is 1. The van der Waals surface area contributed by atoms with Gasteiger partial charge in [0.2, 0.25) is 0 Å². The molecule has 21 heavy (non-hydrogen) atoms. The SMILES string of the molecule is CCCn1cc(S(=O)(=O)N2CCC(CNC)CC2)nc1C. The normalized spacial score (nSPS) is 18.2. The monoisotopic (exact) mass is 314 g/mol. The first kappa shape index (κ1) is 16.5. The molecule has 6 nitrogen and oxygen atoms in total. The molecule has 0 bridgehead atoms. The molecule has 0 saturated carbocycles. The first-order chi connectivity index (χ1) is 9.98. The Bertz CT molecular complexity index is 560. The molecule has 120 valence electrons. The molecule has 0 atom stereocenters. The van der Waals surface area contributed by atoms with Crippen molar-refractivity contribution in [2.75, 3.05) is 26.7 Å². The van der Waals surface area contributed by atoms with E-state index in [1.807, 2.05) is 18.5 Å². The summed E-state index contributed by atoms with van der Waals surface area (Å²) < 4.78 is 28.8. The molecule has 1 aromatic heterocycles. The van der Waals surface area contributed by atoms with Crippen molar-refractivity contribution in [3.63, 3.8) is 0 Å². The minimum absolute atomic E-state index is 0.195. The minimum Gasteiger partial charge on any atom is -0.334 e. The molecule has 2 rings (SSSR count). The van der Waals surface area contributed by atoms with E-state index in [1.165, 1.54) is 0 Å². The van der Waals surface area contributed by atoms with E-state index in [9.17, 15) is 8.42 Å². The number of nitrogens with one attached hydrogen (secondary N) is 1. The van der Waals surface area contributed by atoms with Gasteiger partial charge in [0.05, 0.1) is 0 Å². The predicted octanol–water partition coefficient (Wildman–Crippen LogP) is 1.22. The van der Waals surface area contributed by atoms with Crippen molar-refractivity contribution in [2.45, 2.75) is 44.7 Å². The van der Waals surface area contributed by atoms with Crippen molar-refractivity contribution in [3.8, 4) is 0 Å². The second kappa shape index (κ2) is 6.89. The summed E-state index contributed by atoms with van der Waals surface area (Å²) in [6, 6.07) is 0. The van der Waals surface area contributed by atoms with Crippen molar-refractivity contribution in [1.29, 1.82) is 0 Å². The molecular formula is C14H26N4O2S. The summed E-state index contributed by atoms with van der Waals surface area (Å²) in [6.45, 7) is 6.87. The molecule has 2 heterocycles. The summed E-state index contributed by atoms with van der Waals surface area (Å²) in [5.74, 6) is 1.33. The lowest BCUT2D eigenvalue weighted by atomic mass is 9.98. The van der Waals surface area contributed by atoms with E-state index >= 15 is 0 Å². The molecule has 0 aromatic carbocycles. The number of aryl methyl sites for hydroxylation is 2. The van der Waals surface area contributed by atoms with E-state index in [1.54, 1.807) is 10.5 Å². The van der Waals surface area contributed by atoms with Gasteiger partial charge in [0, 0.05) is 25.8 Å². The van der Waals surface area contributed by atoms with E-state index in [2.05, 4.69) is 17.2 Å². The molecule has 1 saturated heterocycles. The number of hydrogen-bond donors (Lipinski definition) is 1. The van der Waals surface area contributed by atoms with Gasteiger partial charge in [0.25, 0.3) is 10.0 Å². The minimum atomic E-state index is -3.44. The topological polar surface area (TPSA) is 67.2 Å². The van der Waals surface area contributed by atoms with E-state index in [0.29, 0.717) is 19.0 Å². The summed E-state index contributed by atoms with van der Waals surface area (Å²) in [5.41, 5.74) is 0. The van der Waals surface area contributed by atoms with Crippen LogP contribution in [0.25, 0.3) is 0 Å². The number of piperidine rings is 1. The molecule has 0 radical (unpaired) electrons. The first-order valence-electron chi connectivity index (χ1n) is 7.67. The van der Waals surface area contributed by atoms with Gasteiger partial charge >= 0.3 is 0 Å². The summed E-state index contributed by atoms with van der Waals surface area (Å²) in [5, 5.41) is 3.36. The lowest BCUT2D eigenvalue weighted by Crippen LogP contribution is -2.40. The summed E-state index contributed by atoms with van der Waals surface area (Å²) in [4.78, 5) is 4.25. The van der Waals surface area contributed by atoms with Gasteiger partial charge in [-0.15, -0.1) is 0 Å². The van der Waals surface area contributed by atoms with E-state index in [4.69, 9.17) is 0 Å². The highest BCUT2D eigenvalue weighted by Crippen LogP contribution is 2.23. The standard InChI is InChI=1S/C14H26N4O2S/c1-4-7-17-11-14(16-12(17)2)21(19,20)18-8-5-13(6-9-18)10-15-3/h11,13,15H,4-10H2,1-3H3. The molecule has 1 aliphatic heterocycles. The third-order valence-electron chi connectivity index (χ3n) is 4.09. The van der Waals surface area contributed by atoms with Crippen LogP contribution in [-0.2, 0) is 16.6 Å². The van der Waals surface area contributed by atoms with Gasteiger partial charge in [-0.3, -0.25) is 0 Å². The van der Waals surface area contributed by atoms with Crippen molar-refractivity contribution in [2.24, 2.45) is 5.92 Å². The first-order valence-corrected chi connectivity index (χ1v) is 9.11. The molecule has 1 fully saturated rings. The maximum absolute atomic E-state index is 12.7. The molecule has 0 aliphatic carbocycles. The predicted molar refractivity (Wildman–Crippen MR) is 82.7 cm³/mol. The Kier molecular flexibility index (Phi) is 5.40. The number of nitrogens with zero attached hydrogens (tertiary/aromatic N) is 3. The second-order valence-electron chi connectivity index (χ2n) is 5.72. The van der Waals surface area contributed by atoms with Crippen LogP contribution >= 0.6 is 0 Å².